The van der Waals surface area contributed by atoms with Gasteiger partial charge in [0.15, 0.2) is 5.96 Å². The molecule has 25 heavy (non-hydrogen) atoms. The highest BCUT2D eigenvalue weighted by molar-refractivity contribution is 7.10. The molecule has 2 aromatic rings. The van der Waals surface area contributed by atoms with Gasteiger partial charge in [0.1, 0.15) is 0 Å². The second-order valence-electron chi connectivity index (χ2n) is 6.25. The molecule has 5 heteroatoms. The molecule has 0 saturated carbocycles. The Balaban J connectivity index is 1.90. The number of ether oxygens (including phenoxy) is 1. The number of hydrogen-bond acceptors (Lipinski definition) is 3. The van der Waals surface area contributed by atoms with E-state index in [2.05, 4.69) is 79.0 Å². The van der Waals surface area contributed by atoms with E-state index in [1.54, 1.807) is 11.3 Å². The molecule has 1 heterocycles. The molecule has 0 saturated heterocycles. The first kappa shape index (κ1) is 19.5. The van der Waals surface area contributed by atoms with Gasteiger partial charge >= 0.3 is 0 Å². The molecule has 0 spiro atoms. The molecule has 0 bridgehead atoms. The summed E-state index contributed by atoms with van der Waals surface area (Å²) in [4.78, 5) is 6.03. The quantitative estimate of drug-likeness (QED) is 0.547. The second-order valence-corrected chi connectivity index (χ2v) is 7.25. The molecule has 0 radical (unpaired) electrons. The van der Waals surface area contributed by atoms with Gasteiger partial charge in [-0.3, -0.25) is 0 Å². The summed E-state index contributed by atoms with van der Waals surface area (Å²) >= 11 is 1.78. The Morgan fingerprint density at radius 3 is 2.44 bits per heavy atom. The molecule has 136 valence electrons. The van der Waals surface area contributed by atoms with E-state index in [1.165, 1.54) is 21.6 Å². The van der Waals surface area contributed by atoms with Gasteiger partial charge in [-0.25, -0.2) is 4.99 Å². The Hall–Kier alpha value is -1.85. The molecule has 2 rings (SSSR count). The first-order chi connectivity index (χ1) is 12.1. The van der Waals surface area contributed by atoms with Crippen LogP contribution in [-0.4, -0.2) is 18.6 Å². The summed E-state index contributed by atoms with van der Waals surface area (Å²) in [6.45, 7) is 11.3. The molecule has 0 fully saturated rings. The molecule has 0 amide bonds. The number of rotatable bonds is 8. The fourth-order valence-electron chi connectivity index (χ4n) is 2.27. The average molecular weight is 360 g/mol. The van der Waals surface area contributed by atoms with Gasteiger partial charge in [0.05, 0.1) is 25.8 Å². The first-order valence-corrected chi connectivity index (χ1v) is 9.71. The van der Waals surface area contributed by atoms with Crippen LogP contribution in [0.3, 0.4) is 0 Å². The minimum absolute atomic E-state index is 0.255. The van der Waals surface area contributed by atoms with Crippen LogP contribution < -0.4 is 10.6 Å². The number of aliphatic imine (C=N–C) groups is 1. The number of guanidine groups is 1. The lowest BCUT2D eigenvalue weighted by Gasteiger charge is -2.11. The van der Waals surface area contributed by atoms with Crippen LogP contribution in [0.5, 0.6) is 0 Å². The van der Waals surface area contributed by atoms with Gasteiger partial charge in [0.2, 0.25) is 0 Å². The van der Waals surface area contributed by atoms with Crippen molar-refractivity contribution in [1.82, 2.24) is 10.6 Å². The lowest BCUT2D eigenvalue weighted by atomic mass is 10.1. The first-order valence-electron chi connectivity index (χ1n) is 8.83. The highest BCUT2D eigenvalue weighted by Gasteiger charge is 2.02. The number of thiophene rings is 1. The van der Waals surface area contributed by atoms with Crippen molar-refractivity contribution in [3.8, 4) is 0 Å². The third-order valence-corrected chi connectivity index (χ3v) is 4.78. The highest BCUT2D eigenvalue weighted by atomic mass is 32.1. The van der Waals surface area contributed by atoms with E-state index in [0.717, 1.165) is 19.0 Å². The van der Waals surface area contributed by atoms with Crippen LogP contribution >= 0.6 is 11.3 Å². The maximum atomic E-state index is 5.63. The van der Waals surface area contributed by atoms with Crippen LogP contribution in [0.1, 0.15) is 42.3 Å². The van der Waals surface area contributed by atoms with Gasteiger partial charge in [-0.2, -0.15) is 0 Å². The van der Waals surface area contributed by atoms with Crippen LogP contribution in [0.25, 0.3) is 0 Å². The summed E-state index contributed by atoms with van der Waals surface area (Å²) in [7, 11) is 0. The molecule has 4 nitrogen and oxygen atoms in total. The molecule has 0 unspecified atom stereocenters. The lowest BCUT2D eigenvalue weighted by molar-refractivity contribution is 0.0657. The molecule has 0 aliphatic heterocycles. The smallest absolute Gasteiger partial charge is 0.191 e. The van der Waals surface area contributed by atoms with Crippen molar-refractivity contribution in [1.29, 1.82) is 0 Å². The largest absolute Gasteiger partial charge is 0.374 e. The van der Waals surface area contributed by atoms with Crippen molar-refractivity contribution >= 4 is 17.3 Å². The Morgan fingerprint density at radius 2 is 1.84 bits per heavy atom. The van der Waals surface area contributed by atoms with Crippen molar-refractivity contribution in [2.75, 3.05) is 6.54 Å². The van der Waals surface area contributed by atoms with E-state index in [1.807, 2.05) is 0 Å². The third-order valence-electron chi connectivity index (χ3n) is 3.75. The van der Waals surface area contributed by atoms with Crippen LogP contribution in [0.4, 0.5) is 0 Å². The summed E-state index contributed by atoms with van der Waals surface area (Å²) in [5.74, 6) is 0.850. The van der Waals surface area contributed by atoms with Crippen molar-refractivity contribution in [2.45, 2.75) is 53.5 Å². The minimum Gasteiger partial charge on any atom is -0.374 e. The van der Waals surface area contributed by atoms with Crippen molar-refractivity contribution < 1.29 is 4.74 Å². The Kier molecular flexibility index (Phi) is 7.95. The number of benzene rings is 1. The van der Waals surface area contributed by atoms with Gasteiger partial charge in [-0.05, 0) is 55.8 Å². The predicted octanol–water partition coefficient (Wildman–Crippen LogP) is 4.24. The molecule has 1 aromatic carbocycles. The number of aryl methyl sites for hydroxylation is 1. The normalized spacial score (nSPS) is 11.8. The van der Waals surface area contributed by atoms with E-state index >= 15 is 0 Å². The summed E-state index contributed by atoms with van der Waals surface area (Å²) < 4.78 is 5.63. The fraction of sp³-hybridized carbons (Fsp3) is 0.450. The third kappa shape index (κ3) is 6.88. The standard InChI is InChI=1S/C20H29N3OS/c1-5-21-20(23-13-19-16(4)10-11-25-19)22-12-17-6-8-18(9-7-17)14-24-15(2)3/h6-11,15H,5,12-14H2,1-4H3,(H2,21,22,23). The average Bonchev–Trinajstić information content (AvgIpc) is 3.01. The van der Waals surface area contributed by atoms with Crippen molar-refractivity contribution in [2.24, 2.45) is 4.99 Å². The summed E-state index contributed by atoms with van der Waals surface area (Å²) in [6, 6.07) is 10.6. The van der Waals surface area contributed by atoms with E-state index in [9.17, 15) is 0 Å². The van der Waals surface area contributed by atoms with Crippen molar-refractivity contribution in [3.63, 3.8) is 0 Å². The number of hydrogen-bond donors (Lipinski definition) is 2. The van der Waals surface area contributed by atoms with Gasteiger partial charge < -0.3 is 15.4 Å². The predicted molar refractivity (Wildman–Crippen MR) is 107 cm³/mol. The Labute approximate surface area is 155 Å². The van der Waals surface area contributed by atoms with Crippen LogP contribution in [0.15, 0.2) is 40.7 Å². The molecule has 1 aromatic heterocycles. The molecular formula is C20H29N3OS. The van der Waals surface area contributed by atoms with E-state index in [-0.39, 0.29) is 6.10 Å². The molecule has 0 atom stereocenters. The zero-order valence-electron chi connectivity index (χ0n) is 15.6. The van der Waals surface area contributed by atoms with Gasteiger partial charge in [-0.1, -0.05) is 24.3 Å². The van der Waals surface area contributed by atoms with Crippen LogP contribution in [-0.2, 0) is 24.4 Å². The zero-order valence-corrected chi connectivity index (χ0v) is 16.5. The molecular weight excluding hydrogens is 330 g/mol. The summed E-state index contributed by atoms with van der Waals surface area (Å²) in [5.41, 5.74) is 3.71. The lowest BCUT2D eigenvalue weighted by Crippen LogP contribution is -2.36. The maximum absolute atomic E-state index is 5.63. The number of nitrogens with one attached hydrogen (secondary N) is 2. The van der Waals surface area contributed by atoms with Crippen LogP contribution in [0.2, 0.25) is 0 Å². The zero-order chi connectivity index (χ0) is 18.1. The van der Waals surface area contributed by atoms with Gasteiger partial charge in [0, 0.05) is 11.4 Å². The highest BCUT2D eigenvalue weighted by Crippen LogP contribution is 2.14. The topological polar surface area (TPSA) is 45.7 Å². The molecule has 2 N–H and O–H groups in total. The number of nitrogens with zero attached hydrogens (tertiary/aromatic N) is 1. The Morgan fingerprint density at radius 1 is 1.12 bits per heavy atom. The summed E-state index contributed by atoms with van der Waals surface area (Å²) in [5, 5.41) is 8.84. The van der Waals surface area contributed by atoms with Gasteiger partial charge in [0.25, 0.3) is 0 Å². The van der Waals surface area contributed by atoms with E-state index < -0.39 is 0 Å². The van der Waals surface area contributed by atoms with Crippen molar-refractivity contribution in [3.05, 3.63) is 57.3 Å². The Bertz CT molecular complexity index is 662. The molecule has 0 aliphatic carbocycles. The monoisotopic (exact) mass is 359 g/mol. The van der Waals surface area contributed by atoms with Crippen LogP contribution in [0, 0.1) is 6.92 Å². The van der Waals surface area contributed by atoms with E-state index in [0.29, 0.717) is 13.2 Å². The fourth-order valence-corrected chi connectivity index (χ4v) is 3.11. The maximum Gasteiger partial charge on any atom is 0.191 e. The van der Waals surface area contributed by atoms with Gasteiger partial charge in [-0.15, -0.1) is 11.3 Å². The second kappa shape index (κ2) is 10.2. The SMILES string of the molecule is CCNC(=NCc1ccc(COC(C)C)cc1)NCc1sccc1C. The van der Waals surface area contributed by atoms with E-state index in [4.69, 9.17) is 4.74 Å². The summed E-state index contributed by atoms with van der Waals surface area (Å²) in [6.07, 6.45) is 0.255. The molecule has 0 aliphatic rings. The minimum atomic E-state index is 0.255.